The molecule has 9 heteroatoms. The van der Waals surface area contributed by atoms with Gasteiger partial charge in [0.15, 0.2) is 5.13 Å². The lowest BCUT2D eigenvalue weighted by Crippen LogP contribution is -2.07. The number of hydrogen-bond acceptors (Lipinski definition) is 8. The van der Waals surface area contributed by atoms with E-state index in [0.29, 0.717) is 27.8 Å². The first-order chi connectivity index (χ1) is 13.0. The summed E-state index contributed by atoms with van der Waals surface area (Å²) in [5.41, 5.74) is 1.18. The number of ether oxygens (including phenoxy) is 1. The number of carbonyl (C=O) groups excluding carboxylic acids is 1. The predicted molar refractivity (Wildman–Crippen MR) is 102 cm³/mol. The Labute approximate surface area is 159 Å². The zero-order valence-corrected chi connectivity index (χ0v) is 15.4. The lowest BCUT2D eigenvalue weighted by Gasteiger charge is -2.09. The Morgan fingerprint density at radius 1 is 1.33 bits per heavy atom. The summed E-state index contributed by atoms with van der Waals surface area (Å²) >= 11 is 1.45. The molecule has 27 heavy (non-hydrogen) atoms. The van der Waals surface area contributed by atoms with E-state index in [0.717, 1.165) is 4.88 Å². The first-order valence-corrected chi connectivity index (χ1v) is 8.91. The SMILES string of the molecule is CCOC(=O)c1cc(Nc2ncc(C)s2)nc(-c2cccc([N+](=O)[O-])c2)c1. The van der Waals surface area contributed by atoms with Crippen LogP contribution in [-0.2, 0) is 4.74 Å². The van der Waals surface area contributed by atoms with E-state index in [2.05, 4.69) is 15.3 Å². The molecule has 1 N–H and O–H groups in total. The molecule has 0 radical (unpaired) electrons. The molecule has 3 rings (SSSR count). The maximum Gasteiger partial charge on any atom is 0.338 e. The van der Waals surface area contributed by atoms with E-state index in [1.807, 2.05) is 6.92 Å². The number of anilines is 2. The van der Waals surface area contributed by atoms with Gasteiger partial charge in [-0.3, -0.25) is 10.1 Å². The average Bonchev–Trinajstić information content (AvgIpc) is 3.06. The smallest absolute Gasteiger partial charge is 0.338 e. The maximum atomic E-state index is 12.2. The summed E-state index contributed by atoms with van der Waals surface area (Å²) in [5, 5.41) is 14.7. The number of nitro groups is 1. The van der Waals surface area contributed by atoms with Gasteiger partial charge in [-0.15, -0.1) is 11.3 Å². The van der Waals surface area contributed by atoms with Crippen LogP contribution in [0.3, 0.4) is 0 Å². The zero-order valence-electron chi connectivity index (χ0n) is 14.6. The summed E-state index contributed by atoms with van der Waals surface area (Å²) in [6.07, 6.45) is 1.73. The molecule has 0 aliphatic rings. The van der Waals surface area contributed by atoms with Crippen molar-refractivity contribution in [1.29, 1.82) is 0 Å². The highest BCUT2D eigenvalue weighted by molar-refractivity contribution is 7.15. The predicted octanol–water partition coefficient (Wildman–Crippen LogP) is 4.34. The van der Waals surface area contributed by atoms with Crippen molar-refractivity contribution in [3.8, 4) is 11.3 Å². The van der Waals surface area contributed by atoms with E-state index < -0.39 is 10.9 Å². The summed E-state index contributed by atoms with van der Waals surface area (Å²) in [6.45, 7) is 3.89. The molecule has 0 atom stereocenters. The van der Waals surface area contributed by atoms with Crippen molar-refractivity contribution in [2.45, 2.75) is 13.8 Å². The van der Waals surface area contributed by atoms with Gasteiger partial charge in [-0.05, 0) is 26.0 Å². The molecule has 3 aromatic rings. The number of nitrogens with one attached hydrogen (secondary N) is 1. The van der Waals surface area contributed by atoms with Crippen LogP contribution < -0.4 is 5.32 Å². The van der Waals surface area contributed by atoms with Crippen LogP contribution in [0.5, 0.6) is 0 Å². The number of nitro benzene ring substituents is 1. The summed E-state index contributed by atoms with van der Waals surface area (Å²) in [7, 11) is 0. The van der Waals surface area contributed by atoms with Gasteiger partial charge in [-0.25, -0.2) is 14.8 Å². The second-order valence-corrected chi connectivity index (χ2v) is 6.79. The molecule has 8 nitrogen and oxygen atoms in total. The molecule has 0 spiro atoms. The van der Waals surface area contributed by atoms with Crippen molar-refractivity contribution < 1.29 is 14.5 Å². The number of esters is 1. The number of aromatic nitrogens is 2. The van der Waals surface area contributed by atoms with E-state index >= 15 is 0 Å². The lowest BCUT2D eigenvalue weighted by atomic mass is 10.1. The number of aryl methyl sites for hydroxylation is 1. The molecular formula is C18H16N4O4S. The van der Waals surface area contributed by atoms with Gasteiger partial charge in [0.1, 0.15) is 5.82 Å². The summed E-state index contributed by atoms with van der Waals surface area (Å²) < 4.78 is 5.07. The molecule has 138 valence electrons. The van der Waals surface area contributed by atoms with Crippen molar-refractivity contribution in [2.24, 2.45) is 0 Å². The maximum absolute atomic E-state index is 12.2. The molecule has 2 aromatic heterocycles. The van der Waals surface area contributed by atoms with Crippen LogP contribution in [0.4, 0.5) is 16.6 Å². The standard InChI is InChI=1S/C18H16N4O4S/c1-3-26-17(23)13-8-15(12-5-4-6-14(7-12)22(24)25)20-16(9-13)21-18-19-10-11(2)27-18/h4-10H,3H2,1-2H3,(H,19,20,21). The normalized spacial score (nSPS) is 10.4. The first kappa shape index (κ1) is 18.5. The summed E-state index contributed by atoms with van der Waals surface area (Å²) in [6, 6.07) is 9.20. The Balaban J connectivity index is 2.05. The minimum absolute atomic E-state index is 0.0547. The molecule has 0 aliphatic heterocycles. The largest absolute Gasteiger partial charge is 0.462 e. The molecule has 0 saturated carbocycles. The minimum atomic E-state index is -0.495. The second-order valence-electron chi connectivity index (χ2n) is 5.56. The quantitative estimate of drug-likeness (QED) is 0.382. The number of carbonyl (C=O) groups is 1. The van der Waals surface area contributed by atoms with Gasteiger partial charge in [0.2, 0.25) is 0 Å². The number of benzene rings is 1. The fourth-order valence-electron chi connectivity index (χ4n) is 2.38. The van der Waals surface area contributed by atoms with Crippen molar-refractivity contribution >= 4 is 33.9 Å². The fourth-order valence-corrected chi connectivity index (χ4v) is 3.05. The van der Waals surface area contributed by atoms with Gasteiger partial charge in [0.25, 0.3) is 5.69 Å². The summed E-state index contributed by atoms with van der Waals surface area (Å²) in [4.78, 5) is 32.5. The number of hydrogen-bond donors (Lipinski definition) is 1. The van der Waals surface area contributed by atoms with Crippen LogP contribution in [0.15, 0.2) is 42.6 Å². The fraction of sp³-hybridized carbons (Fsp3) is 0.167. The first-order valence-electron chi connectivity index (χ1n) is 8.09. The van der Waals surface area contributed by atoms with Crippen molar-refractivity contribution in [3.05, 3.63) is 63.1 Å². The molecule has 0 amide bonds. The minimum Gasteiger partial charge on any atom is -0.462 e. The molecule has 0 fully saturated rings. The lowest BCUT2D eigenvalue weighted by molar-refractivity contribution is -0.384. The van der Waals surface area contributed by atoms with Gasteiger partial charge < -0.3 is 10.1 Å². The van der Waals surface area contributed by atoms with Crippen LogP contribution in [0, 0.1) is 17.0 Å². The van der Waals surface area contributed by atoms with Crippen molar-refractivity contribution in [2.75, 3.05) is 11.9 Å². The molecular weight excluding hydrogens is 368 g/mol. The van der Waals surface area contributed by atoms with Gasteiger partial charge in [-0.1, -0.05) is 12.1 Å². The Morgan fingerprint density at radius 3 is 2.81 bits per heavy atom. The highest BCUT2D eigenvalue weighted by atomic mass is 32.1. The van der Waals surface area contributed by atoms with Gasteiger partial charge in [-0.2, -0.15) is 0 Å². The van der Waals surface area contributed by atoms with Crippen LogP contribution >= 0.6 is 11.3 Å². The van der Waals surface area contributed by atoms with Crippen molar-refractivity contribution in [1.82, 2.24) is 9.97 Å². The van der Waals surface area contributed by atoms with Gasteiger partial charge >= 0.3 is 5.97 Å². The van der Waals surface area contributed by atoms with E-state index in [4.69, 9.17) is 4.74 Å². The third-order valence-electron chi connectivity index (χ3n) is 3.55. The Bertz CT molecular complexity index is 1000. The van der Waals surface area contributed by atoms with Crippen molar-refractivity contribution in [3.63, 3.8) is 0 Å². The summed E-state index contributed by atoms with van der Waals surface area (Å²) in [5.74, 6) is -0.0960. The Morgan fingerprint density at radius 2 is 2.15 bits per heavy atom. The molecule has 0 unspecified atom stereocenters. The number of rotatable bonds is 6. The van der Waals surface area contributed by atoms with Crippen LogP contribution in [0.1, 0.15) is 22.2 Å². The number of pyridine rings is 1. The molecule has 2 heterocycles. The molecule has 0 saturated heterocycles. The Kier molecular flexibility index (Phi) is 5.41. The number of non-ortho nitro benzene ring substituents is 1. The van der Waals surface area contributed by atoms with E-state index in [-0.39, 0.29) is 12.3 Å². The number of thiazole rings is 1. The zero-order chi connectivity index (χ0) is 19.4. The third kappa shape index (κ3) is 4.45. The molecule has 1 aromatic carbocycles. The van der Waals surface area contributed by atoms with Crippen LogP contribution in [0.2, 0.25) is 0 Å². The van der Waals surface area contributed by atoms with E-state index in [1.54, 1.807) is 37.4 Å². The van der Waals surface area contributed by atoms with Crippen LogP contribution in [0.25, 0.3) is 11.3 Å². The van der Waals surface area contributed by atoms with Crippen LogP contribution in [-0.4, -0.2) is 27.5 Å². The molecule has 0 aliphatic carbocycles. The number of nitrogens with zero attached hydrogens (tertiary/aromatic N) is 3. The highest BCUT2D eigenvalue weighted by Crippen LogP contribution is 2.27. The highest BCUT2D eigenvalue weighted by Gasteiger charge is 2.15. The van der Waals surface area contributed by atoms with E-state index in [1.165, 1.54) is 23.5 Å². The molecule has 0 bridgehead atoms. The Hall–Kier alpha value is -3.33. The topological polar surface area (TPSA) is 107 Å². The van der Waals surface area contributed by atoms with Gasteiger partial charge in [0.05, 0.1) is 22.8 Å². The van der Waals surface area contributed by atoms with E-state index in [9.17, 15) is 14.9 Å². The third-order valence-corrected chi connectivity index (χ3v) is 4.37. The second kappa shape index (κ2) is 7.92. The van der Waals surface area contributed by atoms with Gasteiger partial charge in [0, 0.05) is 28.8 Å². The average molecular weight is 384 g/mol. The monoisotopic (exact) mass is 384 g/mol.